The van der Waals surface area contributed by atoms with Crippen LogP contribution in [0.5, 0.6) is 5.75 Å². The van der Waals surface area contributed by atoms with Gasteiger partial charge in [0.2, 0.25) is 5.91 Å². The van der Waals surface area contributed by atoms with E-state index in [9.17, 15) is 4.79 Å². The van der Waals surface area contributed by atoms with Gasteiger partial charge in [0.1, 0.15) is 5.75 Å². The van der Waals surface area contributed by atoms with Crippen LogP contribution in [0.3, 0.4) is 0 Å². The van der Waals surface area contributed by atoms with Crippen LogP contribution < -0.4 is 10.1 Å². The Bertz CT molecular complexity index is 865. The summed E-state index contributed by atoms with van der Waals surface area (Å²) in [7, 11) is 0. The maximum Gasteiger partial charge on any atom is 0.235 e. The lowest BCUT2D eigenvalue weighted by Gasteiger charge is -2.36. The molecule has 0 radical (unpaired) electrons. The molecule has 0 aromatic heterocycles. The molecule has 0 atom stereocenters. The number of piperidine rings is 1. The Balaban J connectivity index is 1.33. The lowest BCUT2D eigenvalue weighted by Crippen LogP contribution is -2.42. The summed E-state index contributed by atoms with van der Waals surface area (Å²) >= 11 is 0. The number of benzene rings is 2. The van der Waals surface area contributed by atoms with Gasteiger partial charge in [-0.25, -0.2) is 0 Å². The Morgan fingerprint density at radius 2 is 1.69 bits per heavy atom. The summed E-state index contributed by atoms with van der Waals surface area (Å²) in [5.74, 6) is 0.991. The van der Waals surface area contributed by atoms with Crippen molar-refractivity contribution in [1.29, 1.82) is 0 Å². The first-order valence-electron chi connectivity index (χ1n) is 12.5. The lowest BCUT2D eigenvalue weighted by atomic mass is 9.68. The van der Waals surface area contributed by atoms with E-state index < -0.39 is 5.41 Å². The monoisotopic (exact) mass is 434 g/mol. The molecule has 2 aromatic rings. The Kier molecular flexibility index (Phi) is 7.85. The summed E-state index contributed by atoms with van der Waals surface area (Å²) in [6.45, 7) is 6.42. The lowest BCUT2D eigenvalue weighted by molar-refractivity contribution is -0.122. The van der Waals surface area contributed by atoms with Crippen molar-refractivity contribution >= 4 is 11.6 Å². The summed E-state index contributed by atoms with van der Waals surface area (Å²) in [6, 6.07) is 16.3. The van der Waals surface area contributed by atoms with Crippen LogP contribution in [0.2, 0.25) is 0 Å². The van der Waals surface area contributed by atoms with Gasteiger partial charge in [-0.1, -0.05) is 55.5 Å². The van der Waals surface area contributed by atoms with E-state index in [1.807, 2.05) is 24.3 Å². The van der Waals surface area contributed by atoms with Gasteiger partial charge in [-0.3, -0.25) is 4.79 Å². The minimum atomic E-state index is -0.423. The average molecular weight is 435 g/mol. The van der Waals surface area contributed by atoms with Gasteiger partial charge < -0.3 is 15.0 Å². The number of hydrogen-bond donors (Lipinski definition) is 1. The van der Waals surface area contributed by atoms with Crippen LogP contribution in [0.1, 0.15) is 68.9 Å². The Morgan fingerprint density at radius 1 is 0.969 bits per heavy atom. The number of amides is 1. The van der Waals surface area contributed by atoms with E-state index in [0.29, 0.717) is 0 Å². The van der Waals surface area contributed by atoms with Crippen LogP contribution in [-0.4, -0.2) is 37.0 Å². The van der Waals surface area contributed by atoms with Crippen molar-refractivity contribution in [2.24, 2.45) is 0 Å². The number of likely N-dealkylation sites (tertiary alicyclic amines) is 1. The minimum Gasteiger partial charge on any atom is -0.494 e. The van der Waals surface area contributed by atoms with Gasteiger partial charge in [0.15, 0.2) is 0 Å². The number of carbonyl (C=O) groups is 1. The molecule has 1 saturated heterocycles. The topological polar surface area (TPSA) is 41.6 Å². The van der Waals surface area contributed by atoms with Crippen LogP contribution in [-0.2, 0) is 10.2 Å². The highest BCUT2D eigenvalue weighted by Gasteiger charge is 2.41. The molecule has 4 rings (SSSR count). The Labute approximate surface area is 193 Å². The van der Waals surface area contributed by atoms with Crippen LogP contribution in [0.15, 0.2) is 48.5 Å². The van der Waals surface area contributed by atoms with Crippen molar-refractivity contribution in [2.45, 2.75) is 70.1 Å². The van der Waals surface area contributed by atoms with Gasteiger partial charge >= 0.3 is 0 Å². The predicted molar refractivity (Wildman–Crippen MR) is 131 cm³/mol. The van der Waals surface area contributed by atoms with Crippen molar-refractivity contribution in [2.75, 3.05) is 31.6 Å². The van der Waals surface area contributed by atoms with E-state index in [-0.39, 0.29) is 5.91 Å². The molecule has 1 amide bonds. The van der Waals surface area contributed by atoms with Crippen molar-refractivity contribution in [3.63, 3.8) is 0 Å². The average Bonchev–Trinajstić information content (AvgIpc) is 2.84. The maximum atomic E-state index is 13.5. The van der Waals surface area contributed by atoms with Crippen LogP contribution in [0.4, 0.5) is 5.69 Å². The minimum absolute atomic E-state index is 0.123. The Hall–Kier alpha value is -2.33. The third-order valence-corrected chi connectivity index (χ3v) is 7.16. The molecule has 1 aliphatic carbocycles. The van der Waals surface area contributed by atoms with Crippen molar-refractivity contribution < 1.29 is 9.53 Å². The zero-order valence-electron chi connectivity index (χ0n) is 19.6. The van der Waals surface area contributed by atoms with Gasteiger partial charge in [0.05, 0.1) is 12.0 Å². The maximum absolute atomic E-state index is 13.5. The summed E-state index contributed by atoms with van der Waals surface area (Å²) < 4.78 is 5.94. The van der Waals surface area contributed by atoms with Crippen molar-refractivity contribution in [3.05, 3.63) is 59.7 Å². The van der Waals surface area contributed by atoms with E-state index >= 15 is 0 Å². The van der Waals surface area contributed by atoms with E-state index in [2.05, 4.69) is 41.4 Å². The zero-order valence-corrected chi connectivity index (χ0v) is 19.6. The van der Waals surface area contributed by atoms with Crippen LogP contribution in [0.25, 0.3) is 0 Å². The Morgan fingerprint density at radius 3 is 2.41 bits per heavy atom. The first-order valence-corrected chi connectivity index (χ1v) is 12.5. The van der Waals surface area contributed by atoms with Crippen LogP contribution >= 0.6 is 0 Å². The standard InChI is InChI=1S/C28H38N2O2/c1-23-10-8-11-24(22-23)28(16-4-2-5-17-28)27(31)29-25-12-14-26(15-13-25)32-21-9-20-30-18-6-3-7-19-30/h8,10-15,22H,2-7,9,16-21H2,1H3,(H,29,31). The molecule has 2 aromatic carbocycles. The molecule has 2 aliphatic rings. The molecule has 1 N–H and O–H groups in total. The van der Waals surface area contributed by atoms with Gasteiger partial charge in [-0.2, -0.15) is 0 Å². The molecular formula is C28H38N2O2. The number of hydrogen-bond acceptors (Lipinski definition) is 3. The molecular weight excluding hydrogens is 396 g/mol. The van der Waals surface area contributed by atoms with E-state index in [1.54, 1.807) is 0 Å². The second kappa shape index (κ2) is 11.0. The number of nitrogens with one attached hydrogen (secondary N) is 1. The molecule has 0 spiro atoms. The highest BCUT2D eigenvalue weighted by Crippen LogP contribution is 2.40. The molecule has 172 valence electrons. The number of nitrogens with zero attached hydrogens (tertiary/aromatic N) is 1. The van der Waals surface area contributed by atoms with Gasteiger partial charge in [0.25, 0.3) is 0 Å². The molecule has 0 unspecified atom stereocenters. The molecule has 1 aliphatic heterocycles. The summed E-state index contributed by atoms with van der Waals surface area (Å²) in [5, 5.41) is 3.21. The van der Waals surface area contributed by atoms with E-state index in [1.165, 1.54) is 44.3 Å². The molecule has 1 heterocycles. The van der Waals surface area contributed by atoms with Crippen LogP contribution in [0, 0.1) is 6.92 Å². The highest BCUT2D eigenvalue weighted by molar-refractivity contribution is 5.99. The van der Waals surface area contributed by atoms with Gasteiger partial charge in [0, 0.05) is 12.2 Å². The fourth-order valence-corrected chi connectivity index (χ4v) is 5.29. The number of rotatable bonds is 8. The van der Waals surface area contributed by atoms with Crippen molar-refractivity contribution in [1.82, 2.24) is 4.90 Å². The number of carbonyl (C=O) groups excluding carboxylic acids is 1. The normalized spacial score (nSPS) is 18.8. The first kappa shape index (κ1) is 22.8. The SMILES string of the molecule is Cc1cccc(C2(C(=O)Nc3ccc(OCCCN4CCCCC4)cc3)CCCCC2)c1. The number of anilines is 1. The number of ether oxygens (including phenoxy) is 1. The summed E-state index contributed by atoms with van der Waals surface area (Å²) in [6.07, 6.45) is 10.3. The second-order valence-corrected chi connectivity index (χ2v) is 9.60. The highest BCUT2D eigenvalue weighted by atomic mass is 16.5. The third kappa shape index (κ3) is 5.72. The van der Waals surface area contributed by atoms with E-state index in [0.717, 1.165) is 62.3 Å². The first-order chi connectivity index (χ1) is 15.7. The van der Waals surface area contributed by atoms with Gasteiger partial charge in [-0.15, -0.1) is 0 Å². The predicted octanol–water partition coefficient (Wildman–Crippen LogP) is 6.09. The fraction of sp³-hybridized carbons (Fsp3) is 0.536. The van der Waals surface area contributed by atoms with Gasteiger partial charge in [-0.05, 0) is 81.9 Å². The van der Waals surface area contributed by atoms with E-state index in [4.69, 9.17) is 4.74 Å². The third-order valence-electron chi connectivity index (χ3n) is 7.16. The quantitative estimate of drug-likeness (QED) is 0.511. The molecule has 32 heavy (non-hydrogen) atoms. The molecule has 1 saturated carbocycles. The largest absolute Gasteiger partial charge is 0.494 e. The zero-order chi connectivity index (χ0) is 22.2. The summed E-state index contributed by atoms with van der Waals surface area (Å²) in [5.41, 5.74) is 2.78. The molecule has 2 fully saturated rings. The summed E-state index contributed by atoms with van der Waals surface area (Å²) in [4.78, 5) is 16.0. The second-order valence-electron chi connectivity index (χ2n) is 9.60. The molecule has 0 bridgehead atoms. The molecule has 4 nitrogen and oxygen atoms in total. The smallest absolute Gasteiger partial charge is 0.235 e. The fourth-order valence-electron chi connectivity index (χ4n) is 5.29. The van der Waals surface area contributed by atoms with Crippen molar-refractivity contribution in [3.8, 4) is 5.75 Å². The number of aryl methyl sites for hydroxylation is 1. The molecule has 4 heteroatoms.